The van der Waals surface area contributed by atoms with Crippen LogP contribution in [-0.2, 0) is 33.7 Å². The molecule has 5 nitrogen and oxygen atoms in total. The van der Waals surface area contributed by atoms with Crippen LogP contribution in [0.4, 0.5) is 0 Å². The Hall–Kier alpha value is -3.20. The van der Waals surface area contributed by atoms with Gasteiger partial charge in [0.2, 0.25) is 0 Å². The number of nitrogens with zero attached hydrogens (tertiary/aromatic N) is 2. The van der Waals surface area contributed by atoms with E-state index in [1.54, 1.807) is 30.5 Å². The van der Waals surface area contributed by atoms with Crippen LogP contribution < -0.4 is 5.56 Å². The van der Waals surface area contributed by atoms with E-state index >= 15 is 0 Å². The zero-order valence-corrected chi connectivity index (χ0v) is 20.9. The molecular formula is C25H19CdN3O2. The molecular weight excluding hydrogens is 487 g/mol. The third-order valence-electron chi connectivity index (χ3n) is 4.50. The van der Waals surface area contributed by atoms with Crippen molar-refractivity contribution in [2.75, 3.05) is 0 Å². The maximum Gasteiger partial charge on any atom is 2.00 e. The van der Waals surface area contributed by atoms with Gasteiger partial charge in [0, 0.05) is 6.42 Å². The number of fused-ring (bicyclic) bond motifs is 1. The molecule has 5 rings (SSSR count). The van der Waals surface area contributed by atoms with Gasteiger partial charge in [0.15, 0.2) is 0 Å². The Kier molecular flexibility index (Phi) is 7.77. The minimum atomic E-state index is -0.152. The van der Waals surface area contributed by atoms with E-state index in [9.17, 15) is 9.90 Å². The molecule has 0 spiro atoms. The van der Waals surface area contributed by atoms with Crippen molar-refractivity contribution >= 4 is 0 Å². The quantitative estimate of drug-likeness (QED) is 0.284. The van der Waals surface area contributed by atoms with Gasteiger partial charge in [0.25, 0.3) is 5.56 Å². The van der Waals surface area contributed by atoms with Crippen molar-refractivity contribution in [1.82, 2.24) is 14.5 Å². The summed E-state index contributed by atoms with van der Waals surface area (Å²) < 4.78 is 1.51. The number of phenols is 1. The molecule has 3 aromatic carbocycles. The summed E-state index contributed by atoms with van der Waals surface area (Å²) in [7, 11) is 0. The van der Waals surface area contributed by atoms with Crippen LogP contribution in [0, 0.1) is 12.3 Å². The first kappa shape index (κ1) is 22.5. The molecule has 6 heteroatoms. The van der Waals surface area contributed by atoms with Gasteiger partial charge in [-0.05, 0) is 23.9 Å². The van der Waals surface area contributed by atoms with Gasteiger partial charge >= 0.3 is 27.3 Å². The molecule has 0 aliphatic carbocycles. The van der Waals surface area contributed by atoms with Gasteiger partial charge < -0.3 is 10.1 Å². The summed E-state index contributed by atoms with van der Waals surface area (Å²) in [6, 6.07) is 29.0. The molecule has 0 fully saturated rings. The zero-order chi connectivity index (χ0) is 20.8. The summed E-state index contributed by atoms with van der Waals surface area (Å²) in [6.45, 7) is 0. The molecule has 0 unspecified atom stereocenters. The molecule has 2 N–H and O–H groups in total. The number of hydrogen-bond donors (Lipinski definition) is 2. The van der Waals surface area contributed by atoms with Gasteiger partial charge in [-0.25, -0.2) is 4.98 Å². The van der Waals surface area contributed by atoms with Crippen molar-refractivity contribution in [2.45, 2.75) is 6.42 Å². The molecule has 0 aromatic heterocycles. The number of aromatic hydroxyl groups is 1. The zero-order valence-electron chi connectivity index (χ0n) is 16.8. The third-order valence-corrected chi connectivity index (χ3v) is 4.50. The number of hydrogen-bond acceptors (Lipinski definition) is 3. The molecule has 3 aromatic rings. The summed E-state index contributed by atoms with van der Waals surface area (Å²) in [4.78, 5) is 20.0. The summed E-state index contributed by atoms with van der Waals surface area (Å²) in [5.41, 5.74) is 2.99. The van der Waals surface area contributed by atoms with Crippen molar-refractivity contribution in [1.29, 1.82) is 0 Å². The van der Waals surface area contributed by atoms with E-state index in [-0.39, 0.29) is 38.6 Å². The first-order valence-corrected chi connectivity index (χ1v) is 9.47. The summed E-state index contributed by atoms with van der Waals surface area (Å²) >= 11 is 0. The number of rotatable bonds is 3. The average Bonchev–Trinajstić information content (AvgIpc) is 3.12. The van der Waals surface area contributed by atoms with Crippen LogP contribution in [0.3, 0.4) is 0 Å². The Labute approximate surface area is 200 Å². The number of benzene rings is 3. The molecule has 0 saturated carbocycles. The van der Waals surface area contributed by atoms with Gasteiger partial charge in [-0.1, -0.05) is 53.7 Å². The summed E-state index contributed by atoms with van der Waals surface area (Å²) in [6.07, 6.45) is 5.12. The third kappa shape index (κ3) is 5.70. The van der Waals surface area contributed by atoms with E-state index in [0.717, 1.165) is 16.8 Å². The van der Waals surface area contributed by atoms with Crippen molar-refractivity contribution in [3.05, 3.63) is 125 Å². The molecule has 0 amide bonds. The molecule has 0 radical (unpaired) electrons. The van der Waals surface area contributed by atoms with Gasteiger partial charge in [-0.2, -0.15) is 36.4 Å². The van der Waals surface area contributed by atoms with E-state index < -0.39 is 0 Å². The van der Waals surface area contributed by atoms with Crippen LogP contribution in [0.5, 0.6) is 5.75 Å². The van der Waals surface area contributed by atoms with E-state index in [2.05, 4.69) is 22.2 Å². The normalized spacial score (nSPS) is 10.1. The van der Waals surface area contributed by atoms with Crippen LogP contribution in [0.15, 0.2) is 95.9 Å². The standard InChI is InChI=1S/C19H14N3O2.C6H5.Cd/c23-15-8-6-13(7-9-15)10-16-19(24)22-12-17(20-11-18(22)21-16)14-4-2-1-3-5-14;1-2-4-6-5-3-1;/h1-9,12,20,23H,10H2;1-5H;/q2*-1;+2. The molecule has 2 aliphatic heterocycles. The predicted molar refractivity (Wildman–Crippen MR) is 116 cm³/mol. The summed E-state index contributed by atoms with van der Waals surface area (Å²) in [5, 5.41) is 9.34. The fraction of sp³-hybridized carbons (Fsp3) is 0.0400. The predicted octanol–water partition coefficient (Wildman–Crippen LogP) is 4.25. The monoisotopic (exact) mass is 507 g/mol. The number of nitrogens with one attached hydrogen (secondary N) is 1. The molecule has 2 heterocycles. The van der Waals surface area contributed by atoms with Crippen LogP contribution in [0.25, 0.3) is 17.1 Å². The van der Waals surface area contributed by atoms with Gasteiger partial charge in [-0.3, -0.25) is 9.36 Å². The Balaban J connectivity index is 0.000000338. The molecule has 2 aliphatic rings. The van der Waals surface area contributed by atoms with E-state index in [4.69, 9.17) is 0 Å². The molecule has 148 valence electrons. The van der Waals surface area contributed by atoms with E-state index in [1.165, 1.54) is 4.57 Å². The van der Waals surface area contributed by atoms with Crippen molar-refractivity contribution in [3.63, 3.8) is 0 Å². The van der Waals surface area contributed by atoms with Gasteiger partial charge in [-0.15, -0.1) is 6.20 Å². The fourth-order valence-electron chi connectivity index (χ4n) is 2.99. The number of phenolic OH excluding ortho intramolecular Hbond substituents is 1. The fourth-order valence-corrected chi connectivity index (χ4v) is 2.99. The molecule has 31 heavy (non-hydrogen) atoms. The number of aromatic nitrogens is 3. The van der Waals surface area contributed by atoms with Gasteiger partial charge in [0.05, 0.1) is 5.82 Å². The Morgan fingerprint density at radius 3 is 2.23 bits per heavy atom. The SMILES string of the molecule is O=c1c(Cc2ccc(O)cc2)nc2[c-][nH]c(-c3ccccc3)cn1-2.[Cd+2].[c-]1ccccc1. The second-order valence-corrected chi connectivity index (χ2v) is 6.64. The van der Waals surface area contributed by atoms with Crippen LogP contribution in [0.2, 0.25) is 0 Å². The minimum absolute atomic E-state index is 0. The maximum absolute atomic E-state index is 12.6. The van der Waals surface area contributed by atoms with E-state index in [1.807, 2.05) is 60.7 Å². The second-order valence-electron chi connectivity index (χ2n) is 6.64. The minimum Gasteiger partial charge on any atom is -0.519 e. The van der Waals surface area contributed by atoms with E-state index in [0.29, 0.717) is 17.9 Å². The number of aromatic amines is 1. The molecule has 0 atom stereocenters. The first-order valence-electron chi connectivity index (χ1n) is 9.47. The smallest absolute Gasteiger partial charge is 0.519 e. The van der Waals surface area contributed by atoms with Gasteiger partial charge in [0.1, 0.15) is 11.4 Å². The number of H-pyrrole nitrogens is 1. The summed E-state index contributed by atoms with van der Waals surface area (Å²) in [5.74, 6) is 0.667. The van der Waals surface area contributed by atoms with Crippen molar-refractivity contribution in [2.24, 2.45) is 0 Å². The average molecular weight is 506 g/mol. The Morgan fingerprint density at radius 2 is 1.61 bits per heavy atom. The van der Waals surface area contributed by atoms with Crippen molar-refractivity contribution < 1.29 is 32.4 Å². The second kappa shape index (κ2) is 10.7. The molecule has 0 saturated heterocycles. The Bertz CT molecular complexity index is 1210. The van der Waals surface area contributed by atoms with Crippen molar-refractivity contribution in [3.8, 4) is 22.8 Å². The van der Waals surface area contributed by atoms with Crippen LogP contribution >= 0.6 is 0 Å². The number of imidazole rings is 1. The Morgan fingerprint density at radius 1 is 0.935 bits per heavy atom. The maximum atomic E-state index is 12.6. The topological polar surface area (TPSA) is 70.9 Å². The molecule has 0 bridgehead atoms. The first-order chi connectivity index (χ1) is 14.7. The van der Waals surface area contributed by atoms with Crippen LogP contribution in [0.1, 0.15) is 11.3 Å². The van der Waals surface area contributed by atoms with Crippen LogP contribution in [-0.4, -0.2) is 19.6 Å². The largest absolute Gasteiger partial charge is 2.00 e.